The minimum Gasteiger partial charge on any atom is -0.378 e. The molecule has 0 saturated carbocycles. The summed E-state index contributed by atoms with van der Waals surface area (Å²) in [7, 11) is 0. The van der Waals surface area contributed by atoms with Crippen molar-refractivity contribution in [2.45, 2.75) is 45.6 Å². The van der Waals surface area contributed by atoms with Gasteiger partial charge in [-0.1, -0.05) is 31.9 Å². The normalized spacial score (nSPS) is 14.3. The number of halogens is 1. The summed E-state index contributed by atoms with van der Waals surface area (Å²) in [6.45, 7) is 6.81. The standard InChI is InChI=1S/C28H35FN4O2S/c1-2-3-4-6-27(34)30-15-5-16-33-26(21-36-28(33)31-24-11-9-23(29)10-12-24)22-7-13-25(14-8-22)32-17-19-35-20-18-32/h7-14,21H,2-6,15-20H2,1H3,(H,30,34). The number of nitrogens with one attached hydrogen (secondary N) is 1. The minimum atomic E-state index is -0.274. The van der Waals surface area contributed by atoms with Crippen LogP contribution in [-0.2, 0) is 16.1 Å². The van der Waals surface area contributed by atoms with Gasteiger partial charge in [-0.3, -0.25) is 4.79 Å². The molecule has 0 aliphatic carbocycles. The van der Waals surface area contributed by atoms with Crippen LogP contribution in [0.4, 0.5) is 15.8 Å². The van der Waals surface area contributed by atoms with E-state index in [-0.39, 0.29) is 11.7 Å². The van der Waals surface area contributed by atoms with Crippen LogP contribution in [-0.4, -0.2) is 43.3 Å². The van der Waals surface area contributed by atoms with Crippen molar-refractivity contribution in [3.8, 4) is 11.3 Å². The molecule has 1 amide bonds. The minimum absolute atomic E-state index is 0.119. The average molecular weight is 511 g/mol. The van der Waals surface area contributed by atoms with Crippen molar-refractivity contribution in [2.75, 3.05) is 37.7 Å². The summed E-state index contributed by atoms with van der Waals surface area (Å²) in [5.41, 5.74) is 4.12. The molecule has 2 aromatic carbocycles. The van der Waals surface area contributed by atoms with Crippen molar-refractivity contribution >= 4 is 28.6 Å². The molecule has 1 aliphatic rings. The van der Waals surface area contributed by atoms with Crippen LogP contribution in [0.3, 0.4) is 0 Å². The zero-order valence-corrected chi connectivity index (χ0v) is 21.7. The highest BCUT2D eigenvalue weighted by atomic mass is 32.1. The summed E-state index contributed by atoms with van der Waals surface area (Å²) >= 11 is 1.57. The van der Waals surface area contributed by atoms with Gasteiger partial charge in [0.2, 0.25) is 5.91 Å². The molecular weight excluding hydrogens is 475 g/mol. The van der Waals surface area contributed by atoms with E-state index in [1.54, 1.807) is 23.5 Å². The van der Waals surface area contributed by atoms with Crippen LogP contribution in [0.15, 0.2) is 58.9 Å². The van der Waals surface area contributed by atoms with Gasteiger partial charge in [0, 0.05) is 43.7 Å². The zero-order chi connectivity index (χ0) is 25.2. The average Bonchev–Trinajstić information content (AvgIpc) is 3.31. The summed E-state index contributed by atoms with van der Waals surface area (Å²) in [6.07, 6.45) is 4.52. The highest BCUT2D eigenvalue weighted by molar-refractivity contribution is 7.07. The molecule has 1 fully saturated rings. The largest absolute Gasteiger partial charge is 0.378 e. The molecule has 1 N–H and O–H groups in total. The molecule has 1 saturated heterocycles. The number of rotatable bonds is 11. The Balaban J connectivity index is 1.51. The number of ether oxygens (including phenoxy) is 1. The number of nitrogens with zero attached hydrogens (tertiary/aromatic N) is 3. The summed E-state index contributed by atoms with van der Waals surface area (Å²) in [6, 6.07) is 14.9. The summed E-state index contributed by atoms with van der Waals surface area (Å²) in [5.74, 6) is -0.155. The van der Waals surface area contributed by atoms with Gasteiger partial charge in [-0.15, -0.1) is 11.3 Å². The number of carbonyl (C=O) groups excluding carboxylic acids is 1. The maximum atomic E-state index is 13.4. The van der Waals surface area contributed by atoms with E-state index in [2.05, 4.69) is 51.4 Å². The van der Waals surface area contributed by atoms with E-state index >= 15 is 0 Å². The summed E-state index contributed by atoms with van der Waals surface area (Å²) in [5, 5.41) is 5.17. The van der Waals surface area contributed by atoms with Gasteiger partial charge in [0.25, 0.3) is 0 Å². The van der Waals surface area contributed by atoms with E-state index in [1.807, 2.05) is 0 Å². The van der Waals surface area contributed by atoms with E-state index in [0.717, 1.165) is 74.6 Å². The number of thiazole rings is 1. The molecule has 2 heterocycles. The Morgan fingerprint density at radius 1 is 1.06 bits per heavy atom. The van der Waals surface area contributed by atoms with Gasteiger partial charge in [-0.2, -0.15) is 0 Å². The Hall–Kier alpha value is -2.97. The Labute approximate surface area is 216 Å². The van der Waals surface area contributed by atoms with Crippen molar-refractivity contribution in [1.29, 1.82) is 0 Å². The number of amides is 1. The molecule has 0 unspecified atom stereocenters. The first-order chi connectivity index (χ1) is 17.6. The Morgan fingerprint density at radius 2 is 1.81 bits per heavy atom. The molecule has 1 aromatic heterocycles. The van der Waals surface area contributed by atoms with Gasteiger partial charge in [-0.25, -0.2) is 9.38 Å². The molecule has 192 valence electrons. The molecule has 1 aliphatic heterocycles. The number of benzene rings is 2. The lowest BCUT2D eigenvalue weighted by Crippen LogP contribution is -2.36. The molecule has 4 rings (SSSR count). The van der Waals surface area contributed by atoms with Gasteiger partial charge in [0.05, 0.1) is 24.6 Å². The number of hydrogen-bond donors (Lipinski definition) is 1. The molecule has 36 heavy (non-hydrogen) atoms. The van der Waals surface area contributed by atoms with Crippen molar-refractivity contribution in [2.24, 2.45) is 4.99 Å². The maximum absolute atomic E-state index is 13.4. The van der Waals surface area contributed by atoms with E-state index in [1.165, 1.54) is 17.8 Å². The summed E-state index contributed by atoms with van der Waals surface area (Å²) in [4.78, 5) is 20.1. The maximum Gasteiger partial charge on any atom is 0.219 e. The lowest BCUT2D eigenvalue weighted by Gasteiger charge is -2.28. The smallest absolute Gasteiger partial charge is 0.219 e. The number of hydrogen-bond acceptors (Lipinski definition) is 5. The van der Waals surface area contributed by atoms with Gasteiger partial charge in [0.15, 0.2) is 4.80 Å². The van der Waals surface area contributed by atoms with Crippen LogP contribution in [0.5, 0.6) is 0 Å². The van der Waals surface area contributed by atoms with Crippen LogP contribution in [0.1, 0.15) is 39.0 Å². The number of aromatic nitrogens is 1. The van der Waals surface area contributed by atoms with Crippen molar-refractivity contribution < 1.29 is 13.9 Å². The Kier molecular flexibility index (Phi) is 9.69. The lowest BCUT2D eigenvalue weighted by molar-refractivity contribution is -0.121. The van der Waals surface area contributed by atoms with Crippen molar-refractivity contribution in [3.63, 3.8) is 0 Å². The number of carbonyl (C=O) groups is 1. The Morgan fingerprint density at radius 3 is 2.53 bits per heavy atom. The van der Waals surface area contributed by atoms with E-state index < -0.39 is 0 Å². The van der Waals surface area contributed by atoms with Gasteiger partial charge >= 0.3 is 0 Å². The molecule has 6 nitrogen and oxygen atoms in total. The zero-order valence-electron chi connectivity index (χ0n) is 20.9. The second-order valence-electron chi connectivity index (χ2n) is 8.95. The molecule has 3 aromatic rings. The second kappa shape index (κ2) is 13.4. The van der Waals surface area contributed by atoms with Crippen LogP contribution in [0.25, 0.3) is 11.3 Å². The highest BCUT2D eigenvalue weighted by Crippen LogP contribution is 2.25. The molecule has 0 spiro atoms. The van der Waals surface area contributed by atoms with Gasteiger partial charge in [0.1, 0.15) is 5.82 Å². The quantitative estimate of drug-likeness (QED) is 0.346. The van der Waals surface area contributed by atoms with Crippen LogP contribution in [0.2, 0.25) is 0 Å². The molecule has 0 radical (unpaired) electrons. The number of anilines is 1. The third-order valence-corrected chi connectivity index (χ3v) is 7.14. The number of morpholine rings is 1. The van der Waals surface area contributed by atoms with Crippen LogP contribution < -0.4 is 15.0 Å². The SMILES string of the molecule is CCCCCC(=O)NCCCn1c(-c2ccc(N3CCOCC3)cc2)csc1=Nc1ccc(F)cc1. The van der Waals surface area contributed by atoms with Crippen molar-refractivity contribution in [1.82, 2.24) is 9.88 Å². The van der Waals surface area contributed by atoms with Gasteiger partial charge in [-0.05, 0) is 54.8 Å². The topological polar surface area (TPSA) is 58.9 Å². The molecule has 8 heteroatoms. The third kappa shape index (κ3) is 7.27. The monoisotopic (exact) mass is 510 g/mol. The van der Waals surface area contributed by atoms with E-state index in [4.69, 9.17) is 9.73 Å². The molecular formula is C28H35FN4O2S. The fourth-order valence-corrected chi connectivity index (χ4v) is 5.20. The molecule has 0 bridgehead atoms. The molecule has 0 atom stereocenters. The third-order valence-electron chi connectivity index (χ3n) is 6.28. The van der Waals surface area contributed by atoms with Crippen molar-refractivity contribution in [3.05, 3.63) is 64.5 Å². The van der Waals surface area contributed by atoms with Gasteiger partial charge < -0.3 is 19.5 Å². The second-order valence-corrected chi connectivity index (χ2v) is 9.79. The first-order valence-electron chi connectivity index (χ1n) is 12.8. The highest BCUT2D eigenvalue weighted by Gasteiger charge is 2.13. The Bertz CT molecular complexity index is 1170. The predicted molar refractivity (Wildman–Crippen MR) is 144 cm³/mol. The fourth-order valence-electron chi connectivity index (χ4n) is 4.25. The van der Waals surface area contributed by atoms with E-state index in [9.17, 15) is 9.18 Å². The predicted octanol–water partition coefficient (Wildman–Crippen LogP) is 5.51. The summed E-state index contributed by atoms with van der Waals surface area (Å²) < 4.78 is 21.0. The lowest BCUT2D eigenvalue weighted by atomic mass is 10.1. The van der Waals surface area contributed by atoms with Crippen LogP contribution in [0, 0.1) is 5.82 Å². The fraction of sp³-hybridized carbons (Fsp3) is 0.429. The van der Waals surface area contributed by atoms with E-state index in [0.29, 0.717) is 18.7 Å². The number of unbranched alkanes of at least 4 members (excludes halogenated alkanes) is 2. The first kappa shape index (κ1) is 26.1. The van der Waals surface area contributed by atoms with Crippen LogP contribution >= 0.6 is 11.3 Å². The first-order valence-corrected chi connectivity index (χ1v) is 13.7.